The van der Waals surface area contributed by atoms with Gasteiger partial charge in [-0.05, 0) is 13.3 Å². The van der Waals surface area contributed by atoms with Crippen LogP contribution in [-0.4, -0.2) is 50.0 Å². The van der Waals surface area contributed by atoms with E-state index in [2.05, 4.69) is 11.8 Å². The third kappa shape index (κ3) is 1.79. The molecule has 0 N–H and O–H groups in total. The van der Waals surface area contributed by atoms with E-state index in [1.807, 2.05) is 0 Å². The van der Waals surface area contributed by atoms with Crippen LogP contribution < -0.4 is 0 Å². The summed E-state index contributed by atoms with van der Waals surface area (Å²) in [7, 11) is 0. The van der Waals surface area contributed by atoms with Gasteiger partial charge in [-0.3, -0.25) is 4.90 Å². The van der Waals surface area contributed by atoms with E-state index < -0.39 is 0 Å². The van der Waals surface area contributed by atoms with Gasteiger partial charge >= 0.3 is 0 Å². The molecule has 0 amide bonds. The van der Waals surface area contributed by atoms with Crippen molar-refractivity contribution in [3.63, 3.8) is 0 Å². The molecule has 0 saturated carbocycles. The Kier molecular flexibility index (Phi) is 2.63. The Morgan fingerprint density at radius 1 is 1.33 bits per heavy atom. The standard InChI is InChI=1S/C9H17NO2/c1-8-6-10(3-5-12-8)9-2-4-11-7-9/h8-9H,2-7H2,1H3/t8-,9?/m1/s1. The average Bonchev–Trinajstić information content (AvgIpc) is 2.56. The molecular formula is C9H17NO2. The normalized spacial score (nSPS) is 38.8. The van der Waals surface area contributed by atoms with E-state index >= 15 is 0 Å². The minimum atomic E-state index is 0.402. The predicted octanol–water partition coefficient (Wildman–Crippen LogP) is 0.496. The Morgan fingerprint density at radius 3 is 2.92 bits per heavy atom. The number of hydrogen-bond acceptors (Lipinski definition) is 3. The molecule has 2 rings (SSSR count). The Hall–Kier alpha value is -0.120. The smallest absolute Gasteiger partial charge is 0.0674 e. The van der Waals surface area contributed by atoms with Crippen molar-refractivity contribution in [2.24, 2.45) is 0 Å². The number of rotatable bonds is 1. The van der Waals surface area contributed by atoms with E-state index in [-0.39, 0.29) is 0 Å². The van der Waals surface area contributed by atoms with Crippen molar-refractivity contribution in [2.45, 2.75) is 25.5 Å². The van der Waals surface area contributed by atoms with Crippen LogP contribution in [0.3, 0.4) is 0 Å². The first-order valence-corrected chi connectivity index (χ1v) is 4.79. The van der Waals surface area contributed by atoms with Crippen LogP contribution in [-0.2, 0) is 9.47 Å². The van der Waals surface area contributed by atoms with Crippen LogP contribution in [0, 0.1) is 0 Å². The SMILES string of the molecule is C[C@@H]1CN(C2CCOC2)CCO1. The van der Waals surface area contributed by atoms with E-state index in [0.29, 0.717) is 12.1 Å². The molecule has 3 nitrogen and oxygen atoms in total. The molecule has 0 aromatic heterocycles. The van der Waals surface area contributed by atoms with Gasteiger partial charge in [-0.25, -0.2) is 0 Å². The number of hydrogen-bond donors (Lipinski definition) is 0. The third-order valence-electron chi connectivity index (χ3n) is 2.69. The van der Waals surface area contributed by atoms with Crippen LogP contribution >= 0.6 is 0 Å². The van der Waals surface area contributed by atoms with Gasteiger partial charge in [-0.15, -0.1) is 0 Å². The Labute approximate surface area is 73.6 Å². The molecule has 1 unspecified atom stereocenters. The molecule has 2 aliphatic heterocycles. The molecular weight excluding hydrogens is 154 g/mol. The zero-order valence-electron chi connectivity index (χ0n) is 7.66. The quantitative estimate of drug-likeness (QED) is 0.573. The second-order valence-electron chi connectivity index (χ2n) is 3.69. The van der Waals surface area contributed by atoms with Crippen LogP contribution in [0.2, 0.25) is 0 Å². The lowest BCUT2D eigenvalue weighted by atomic mass is 10.2. The van der Waals surface area contributed by atoms with Crippen molar-refractivity contribution in [2.75, 3.05) is 32.9 Å². The maximum Gasteiger partial charge on any atom is 0.0674 e. The maximum absolute atomic E-state index is 5.49. The summed E-state index contributed by atoms with van der Waals surface area (Å²) in [5.41, 5.74) is 0. The van der Waals surface area contributed by atoms with Gasteiger partial charge in [0, 0.05) is 25.7 Å². The van der Waals surface area contributed by atoms with Crippen molar-refractivity contribution in [3.8, 4) is 0 Å². The summed E-state index contributed by atoms with van der Waals surface area (Å²) < 4.78 is 10.8. The molecule has 0 radical (unpaired) electrons. The van der Waals surface area contributed by atoms with Crippen LogP contribution in [0.5, 0.6) is 0 Å². The monoisotopic (exact) mass is 171 g/mol. The van der Waals surface area contributed by atoms with Gasteiger partial charge in [0.25, 0.3) is 0 Å². The molecule has 2 atom stereocenters. The number of nitrogens with zero attached hydrogens (tertiary/aromatic N) is 1. The minimum Gasteiger partial charge on any atom is -0.380 e. The summed E-state index contributed by atoms with van der Waals surface area (Å²) in [5.74, 6) is 0. The van der Waals surface area contributed by atoms with Crippen molar-refractivity contribution in [3.05, 3.63) is 0 Å². The van der Waals surface area contributed by atoms with Crippen molar-refractivity contribution in [1.29, 1.82) is 0 Å². The molecule has 3 heteroatoms. The number of morpholine rings is 1. The molecule has 0 aromatic rings. The van der Waals surface area contributed by atoms with Crippen LogP contribution in [0.4, 0.5) is 0 Å². The van der Waals surface area contributed by atoms with Gasteiger partial charge < -0.3 is 9.47 Å². The van der Waals surface area contributed by atoms with Crippen molar-refractivity contribution < 1.29 is 9.47 Å². The van der Waals surface area contributed by atoms with E-state index in [4.69, 9.17) is 9.47 Å². The van der Waals surface area contributed by atoms with E-state index in [1.165, 1.54) is 6.42 Å². The summed E-state index contributed by atoms with van der Waals surface area (Å²) in [4.78, 5) is 2.50. The second-order valence-corrected chi connectivity index (χ2v) is 3.69. The summed E-state index contributed by atoms with van der Waals surface area (Å²) in [6.07, 6.45) is 1.60. The summed E-state index contributed by atoms with van der Waals surface area (Å²) >= 11 is 0. The zero-order chi connectivity index (χ0) is 8.39. The predicted molar refractivity (Wildman–Crippen MR) is 46.2 cm³/mol. The van der Waals surface area contributed by atoms with E-state index in [1.54, 1.807) is 0 Å². The van der Waals surface area contributed by atoms with E-state index in [9.17, 15) is 0 Å². The Balaban J connectivity index is 1.85. The highest BCUT2D eigenvalue weighted by molar-refractivity contribution is 4.79. The van der Waals surface area contributed by atoms with Crippen LogP contribution in [0.15, 0.2) is 0 Å². The van der Waals surface area contributed by atoms with Gasteiger partial charge in [-0.2, -0.15) is 0 Å². The first kappa shape index (κ1) is 8.48. The molecule has 2 heterocycles. The van der Waals surface area contributed by atoms with Gasteiger partial charge in [0.05, 0.1) is 19.3 Å². The van der Waals surface area contributed by atoms with Crippen LogP contribution in [0.1, 0.15) is 13.3 Å². The van der Waals surface area contributed by atoms with Crippen molar-refractivity contribution in [1.82, 2.24) is 4.90 Å². The highest BCUT2D eigenvalue weighted by Gasteiger charge is 2.26. The number of ether oxygens (including phenoxy) is 2. The lowest BCUT2D eigenvalue weighted by Gasteiger charge is -2.34. The highest BCUT2D eigenvalue weighted by Crippen LogP contribution is 2.15. The first-order chi connectivity index (χ1) is 5.86. The minimum absolute atomic E-state index is 0.402. The van der Waals surface area contributed by atoms with Gasteiger partial charge in [0.2, 0.25) is 0 Å². The van der Waals surface area contributed by atoms with E-state index in [0.717, 1.165) is 32.9 Å². The summed E-state index contributed by atoms with van der Waals surface area (Å²) in [5, 5.41) is 0. The fourth-order valence-electron chi connectivity index (χ4n) is 1.99. The molecule has 2 aliphatic rings. The third-order valence-corrected chi connectivity index (χ3v) is 2.69. The summed E-state index contributed by atoms with van der Waals surface area (Å²) in [6, 6.07) is 0.663. The fraction of sp³-hybridized carbons (Fsp3) is 1.00. The molecule has 0 bridgehead atoms. The molecule has 2 fully saturated rings. The van der Waals surface area contributed by atoms with Gasteiger partial charge in [-0.1, -0.05) is 0 Å². The molecule has 2 saturated heterocycles. The maximum atomic E-state index is 5.49. The van der Waals surface area contributed by atoms with Gasteiger partial charge in [0.15, 0.2) is 0 Å². The largest absolute Gasteiger partial charge is 0.380 e. The molecule has 0 aliphatic carbocycles. The average molecular weight is 171 g/mol. The van der Waals surface area contributed by atoms with Crippen LogP contribution in [0.25, 0.3) is 0 Å². The summed E-state index contributed by atoms with van der Waals surface area (Å²) in [6.45, 7) is 7.05. The fourth-order valence-corrected chi connectivity index (χ4v) is 1.99. The molecule has 70 valence electrons. The Bertz CT molecular complexity index is 145. The highest BCUT2D eigenvalue weighted by atomic mass is 16.5. The van der Waals surface area contributed by atoms with Crippen molar-refractivity contribution >= 4 is 0 Å². The first-order valence-electron chi connectivity index (χ1n) is 4.79. The lowest BCUT2D eigenvalue weighted by Crippen LogP contribution is -2.47. The van der Waals surface area contributed by atoms with Gasteiger partial charge in [0.1, 0.15) is 0 Å². The molecule has 0 spiro atoms. The topological polar surface area (TPSA) is 21.7 Å². The molecule has 0 aromatic carbocycles. The zero-order valence-corrected chi connectivity index (χ0v) is 7.66. The Morgan fingerprint density at radius 2 is 2.25 bits per heavy atom. The molecule has 12 heavy (non-hydrogen) atoms. The lowest BCUT2D eigenvalue weighted by molar-refractivity contribution is -0.0348. The second kappa shape index (κ2) is 3.73.